The van der Waals surface area contributed by atoms with E-state index in [9.17, 15) is 0 Å². The summed E-state index contributed by atoms with van der Waals surface area (Å²) in [6.45, 7) is 6.45. The summed E-state index contributed by atoms with van der Waals surface area (Å²) >= 11 is 0. The Labute approximate surface area is 112 Å². The Balaban J connectivity index is 2.03. The van der Waals surface area contributed by atoms with Crippen molar-refractivity contribution in [3.63, 3.8) is 0 Å². The SMILES string of the molecule is Cc1ccc2c3c(oc2c1)-c1cc(C)c(C)cc1C3. The van der Waals surface area contributed by atoms with Crippen LogP contribution in [-0.4, -0.2) is 0 Å². The van der Waals surface area contributed by atoms with E-state index in [-0.39, 0.29) is 0 Å². The summed E-state index contributed by atoms with van der Waals surface area (Å²) in [7, 11) is 0. The van der Waals surface area contributed by atoms with Crippen LogP contribution in [0.25, 0.3) is 22.3 Å². The van der Waals surface area contributed by atoms with Crippen molar-refractivity contribution in [3.05, 3.63) is 58.1 Å². The molecule has 4 rings (SSSR count). The van der Waals surface area contributed by atoms with Crippen molar-refractivity contribution in [1.29, 1.82) is 0 Å². The molecule has 19 heavy (non-hydrogen) atoms. The summed E-state index contributed by atoms with van der Waals surface area (Å²) < 4.78 is 6.11. The van der Waals surface area contributed by atoms with Crippen molar-refractivity contribution in [3.8, 4) is 11.3 Å². The van der Waals surface area contributed by atoms with E-state index in [2.05, 4.69) is 51.1 Å². The Morgan fingerprint density at radius 2 is 1.74 bits per heavy atom. The highest BCUT2D eigenvalue weighted by Crippen LogP contribution is 2.43. The van der Waals surface area contributed by atoms with Gasteiger partial charge < -0.3 is 4.42 Å². The fourth-order valence-electron chi connectivity index (χ4n) is 3.07. The van der Waals surface area contributed by atoms with E-state index in [0.29, 0.717) is 0 Å². The van der Waals surface area contributed by atoms with Crippen LogP contribution >= 0.6 is 0 Å². The number of fused-ring (bicyclic) bond motifs is 5. The molecule has 0 unspecified atom stereocenters. The van der Waals surface area contributed by atoms with Gasteiger partial charge in [0.2, 0.25) is 0 Å². The van der Waals surface area contributed by atoms with E-state index in [4.69, 9.17) is 4.42 Å². The number of aryl methyl sites for hydroxylation is 3. The van der Waals surface area contributed by atoms with E-state index in [1.54, 1.807) is 0 Å². The smallest absolute Gasteiger partial charge is 0.139 e. The molecular formula is C18H16O. The quantitative estimate of drug-likeness (QED) is 0.430. The van der Waals surface area contributed by atoms with Crippen LogP contribution in [0.5, 0.6) is 0 Å². The second-order valence-electron chi connectivity index (χ2n) is 5.68. The zero-order chi connectivity index (χ0) is 13.1. The first-order valence-corrected chi connectivity index (χ1v) is 6.76. The largest absolute Gasteiger partial charge is 0.456 e. The van der Waals surface area contributed by atoms with Crippen molar-refractivity contribution < 1.29 is 4.42 Å². The summed E-state index contributed by atoms with van der Waals surface area (Å²) in [5.41, 5.74) is 9.02. The fourth-order valence-corrected chi connectivity index (χ4v) is 3.07. The third kappa shape index (κ3) is 1.42. The molecule has 1 nitrogen and oxygen atoms in total. The van der Waals surface area contributed by atoms with Gasteiger partial charge in [0.1, 0.15) is 11.3 Å². The molecule has 1 heterocycles. The Kier molecular flexibility index (Phi) is 2.00. The first kappa shape index (κ1) is 10.9. The summed E-state index contributed by atoms with van der Waals surface area (Å²) in [6.07, 6.45) is 1.00. The molecule has 0 aliphatic heterocycles. The van der Waals surface area contributed by atoms with Gasteiger partial charge in [-0.15, -0.1) is 0 Å². The second kappa shape index (κ2) is 3.51. The zero-order valence-electron chi connectivity index (χ0n) is 11.5. The lowest BCUT2D eigenvalue weighted by Crippen LogP contribution is -1.87. The molecule has 0 amide bonds. The van der Waals surface area contributed by atoms with Gasteiger partial charge in [0.25, 0.3) is 0 Å². The van der Waals surface area contributed by atoms with E-state index < -0.39 is 0 Å². The number of benzene rings is 2. The van der Waals surface area contributed by atoms with Gasteiger partial charge in [-0.3, -0.25) is 0 Å². The molecule has 1 aliphatic rings. The highest BCUT2D eigenvalue weighted by Gasteiger charge is 2.25. The maximum atomic E-state index is 6.11. The van der Waals surface area contributed by atoms with Crippen LogP contribution in [-0.2, 0) is 6.42 Å². The molecule has 0 fully saturated rings. The Morgan fingerprint density at radius 3 is 2.58 bits per heavy atom. The van der Waals surface area contributed by atoms with E-state index in [1.807, 2.05) is 0 Å². The highest BCUT2D eigenvalue weighted by atomic mass is 16.3. The molecule has 0 radical (unpaired) electrons. The molecule has 0 atom stereocenters. The minimum Gasteiger partial charge on any atom is -0.456 e. The van der Waals surface area contributed by atoms with Crippen molar-refractivity contribution >= 4 is 11.0 Å². The molecule has 94 valence electrons. The first-order valence-electron chi connectivity index (χ1n) is 6.76. The normalized spacial score (nSPS) is 12.8. The molecule has 1 aromatic heterocycles. The summed E-state index contributed by atoms with van der Waals surface area (Å²) in [6, 6.07) is 11.1. The number of rotatable bonds is 0. The van der Waals surface area contributed by atoms with Crippen LogP contribution in [0.1, 0.15) is 27.8 Å². The number of hydrogen-bond donors (Lipinski definition) is 0. The van der Waals surface area contributed by atoms with Crippen LogP contribution < -0.4 is 0 Å². The topological polar surface area (TPSA) is 13.1 Å². The molecule has 0 saturated carbocycles. The maximum absolute atomic E-state index is 6.11. The van der Waals surface area contributed by atoms with Crippen LogP contribution in [0.4, 0.5) is 0 Å². The first-order chi connectivity index (χ1) is 9.13. The number of hydrogen-bond acceptors (Lipinski definition) is 1. The van der Waals surface area contributed by atoms with E-state index in [0.717, 1.165) is 17.8 Å². The lowest BCUT2D eigenvalue weighted by Gasteiger charge is -2.05. The van der Waals surface area contributed by atoms with Gasteiger partial charge in [0.05, 0.1) is 0 Å². The third-order valence-electron chi connectivity index (χ3n) is 4.28. The van der Waals surface area contributed by atoms with Gasteiger partial charge in [0.15, 0.2) is 0 Å². The van der Waals surface area contributed by atoms with Gasteiger partial charge in [-0.25, -0.2) is 0 Å². The second-order valence-corrected chi connectivity index (χ2v) is 5.68. The lowest BCUT2D eigenvalue weighted by atomic mass is 10.0. The Morgan fingerprint density at radius 1 is 0.947 bits per heavy atom. The van der Waals surface area contributed by atoms with Crippen molar-refractivity contribution in [2.24, 2.45) is 0 Å². The average Bonchev–Trinajstić information content (AvgIpc) is 2.86. The van der Waals surface area contributed by atoms with Crippen LogP contribution in [0.2, 0.25) is 0 Å². The lowest BCUT2D eigenvalue weighted by molar-refractivity contribution is 0.631. The summed E-state index contributed by atoms with van der Waals surface area (Å²) in [5, 5.41) is 1.27. The van der Waals surface area contributed by atoms with Crippen molar-refractivity contribution in [2.45, 2.75) is 27.2 Å². The zero-order valence-corrected chi connectivity index (χ0v) is 11.5. The molecule has 0 saturated heterocycles. The van der Waals surface area contributed by atoms with E-state index in [1.165, 1.54) is 38.8 Å². The molecule has 0 spiro atoms. The average molecular weight is 248 g/mol. The summed E-state index contributed by atoms with van der Waals surface area (Å²) in [5.74, 6) is 1.08. The third-order valence-corrected chi connectivity index (χ3v) is 4.28. The summed E-state index contributed by atoms with van der Waals surface area (Å²) in [4.78, 5) is 0. The molecule has 3 aromatic rings. The molecular weight excluding hydrogens is 232 g/mol. The van der Waals surface area contributed by atoms with Gasteiger partial charge >= 0.3 is 0 Å². The number of furan rings is 1. The minimum atomic E-state index is 1.00. The minimum absolute atomic E-state index is 1.00. The van der Waals surface area contributed by atoms with Crippen LogP contribution in [0.15, 0.2) is 34.7 Å². The molecule has 2 aromatic carbocycles. The maximum Gasteiger partial charge on any atom is 0.139 e. The predicted octanol–water partition coefficient (Wildman–Crippen LogP) is 4.93. The van der Waals surface area contributed by atoms with Crippen molar-refractivity contribution in [1.82, 2.24) is 0 Å². The van der Waals surface area contributed by atoms with E-state index >= 15 is 0 Å². The standard InChI is InChI=1S/C18H16O/c1-10-4-5-14-16-9-13-7-11(2)12(3)8-15(13)18(16)19-17(14)6-10/h4-8H,9H2,1-3H3. The van der Waals surface area contributed by atoms with Crippen LogP contribution in [0, 0.1) is 20.8 Å². The Bertz CT molecular complexity index is 821. The van der Waals surface area contributed by atoms with Crippen molar-refractivity contribution in [2.75, 3.05) is 0 Å². The molecule has 0 N–H and O–H groups in total. The van der Waals surface area contributed by atoms with Gasteiger partial charge in [-0.2, -0.15) is 0 Å². The Hall–Kier alpha value is -2.02. The molecule has 1 heteroatoms. The van der Waals surface area contributed by atoms with Crippen LogP contribution in [0.3, 0.4) is 0 Å². The fraction of sp³-hybridized carbons (Fsp3) is 0.222. The van der Waals surface area contributed by atoms with Gasteiger partial charge in [-0.05, 0) is 55.2 Å². The molecule has 1 aliphatic carbocycles. The monoisotopic (exact) mass is 248 g/mol. The van der Waals surface area contributed by atoms with Gasteiger partial charge in [0, 0.05) is 22.9 Å². The molecule has 0 bridgehead atoms. The van der Waals surface area contributed by atoms with Gasteiger partial charge in [-0.1, -0.05) is 18.2 Å². The predicted molar refractivity (Wildman–Crippen MR) is 78.7 cm³/mol. The highest BCUT2D eigenvalue weighted by molar-refractivity contribution is 5.92.